The number of hydrogen-bond donors (Lipinski definition) is 0. The Kier molecular flexibility index (Phi) is 8.58. The zero-order chi connectivity index (χ0) is 28.1. The molecule has 1 saturated heterocycles. The molecule has 1 fully saturated rings. The number of thioether (sulfide) groups is 1. The van der Waals surface area contributed by atoms with Gasteiger partial charge in [0.2, 0.25) is 0 Å². The van der Waals surface area contributed by atoms with Gasteiger partial charge in [0.25, 0.3) is 11.1 Å². The Labute approximate surface area is 243 Å². The summed E-state index contributed by atoms with van der Waals surface area (Å²) in [5.74, 6) is 0.880. The molecule has 5 rings (SSSR count). The first-order valence-corrected chi connectivity index (χ1v) is 14.2. The molecule has 4 aromatic carbocycles. The van der Waals surface area contributed by atoms with Crippen molar-refractivity contribution in [2.45, 2.75) is 26.5 Å². The second kappa shape index (κ2) is 12.5. The molecule has 2 amide bonds. The Morgan fingerprint density at radius 2 is 1.68 bits per heavy atom. The van der Waals surface area contributed by atoms with Crippen molar-refractivity contribution in [3.05, 3.63) is 124 Å². The zero-order valence-corrected chi connectivity index (χ0v) is 23.6. The average molecular weight is 570 g/mol. The van der Waals surface area contributed by atoms with Gasteiger partial charge >= 0.3 is 0 Å². The quantitative estimate of drug-likeness (QED) is 0.142. The number of imide groups is 1. The lowest BCUT2D eigenvalue weighted by atomic mass is 10.0. The molecule has 0 atom stereocenters. The Bertz CT molecular complexity index is 1610. The number of allylic oxidation sites excluding steroid dienone is 1. The number of hydrogen-bond acceptors (Lipinski definition) is 5. The summed E-state index contributed by atoms with van der Waals surface area (Å²) < 4.78 is 12.1. The van der Waals surface area contributed by atoms with Crippen molar-refractivity contribution in [2.75, 3.05) is 6.61 Å². The average Bonchev–Trinajstić information content (AvgIpc) is 3.21. The van der Waals surface area contributed by atoms with E-state index in [4.69, 9.17) is 21.1 Å². The molecule has 0 bridgehead atoms. The number of amides is 2. The molecular weight excluding hydrogens is 542 g/mol. The number of rotatable bonds is 10. The Morgan fingerprint density at radius 1 is 0.925 bits per heavy atom. The zero-order valence-electron chi connectivity index (χ0n) is 22.1. The van der Waals surface area contributed by atoms with Crippen molar-refractivity contribution in [1.29, 1.82) is 0 Å². The summed E-state index contributed by atoms with van der Waals surface area (Å²) >= 11 is 6.96. The van der Waals surface area contributed by atoms with Gasteiger partial charge in [-0.05, 0) is 89.0 Å². The summed E-state index contributed by atoms with van der Waals surface area (Å²) in [4.78, 5) is 27.8. The van der Waals surface area contributed by atoms with E-state index in [0.717, 1.165) is 44.8 Å². The van der Waals surface area contributed by atoms with Crippen LogP contribution in [0.25, 0.3) is 16.8 Å². The van der Waals surface area contributed by atoms with Crippen LogP contribution < -0.4 is 9.47 Å². The molecule has 1 aliphatic rings. The minimum atomic E-state index is -0.311. The predicted molar refractivity (Wildman–Crippen MR) is 163 cm³/mol. The van der Waals surface area contributed by atoms with Crippen LogP contribution in [0.5, 0.6) is 11.5 Å². The summed E-state index contributed by atoms with van der Waals surface area (Å²) in [6.07, 6.45) is 4.08. The number of fused-ring (bicyclic) bond motifs is 1. The van der Waals surface area contributed by atoms with Crippen molar-refractivity contribution in [2.24, 2.45) is 0 Å². The van der Waals surface area contributed by atoms with Gasteiger partial charge in [-0.25, -0.2) is 0 Å². The summed E-state index contributed by atoms with van der Waals surface area (Å²) in [6, 6.07) is 25.2. The van der Waals surface area contributed by atoms with Crippen LogP contribution in [-0.4, -0.2) is 22.7 Å². The van der Waals surface area contributed by atoms with Crippen molar-refractivity contribution < 1.29 is 19.1 Å². The van der Waals surface area contributed by atoms with E-state index < -0.39 is 0 Å². The van der Waals surface area contributed by atoms with Crippen LogP contribution in [0.4, 0.5) is 4.79 Å². The third kappa shape index (κ3) is 6.24. The maximum atomic E-state index is 13.3. The summed E-state index contributed by atoms with van der Waals surface area (Å²) in [6.45, 7) is 6.79. The summed E-state index contributed by atoms with van der Waals surface area (Å²) in [7, 11) is 0. The fourth-order valence-electron chi connectivity index (χ4n) is 4.54. The number of halogens is 1. The van der Waals surface area contributed by atoms with Crippen molar-refractivity contribution in [1.82, 2.24) is 4.90 Å². The maximum absolute atomic E-state index is 13.3. The highest BCUT2D eigenvalue weighted by atomic mass is 35.5. The molecule has 1 aliphatic heterocycles. The molecule has 0 radical (unpaired) electrons. The van der Waals surface area contributed by atoms with Crippen molar-refractivity contribution in [3.63, 3.8) is 0 Å². The van der Waals surface area contributed by atoms with Gasteiger partial charge in [0.05, 0.1) is 18.1 Å². The highest BCUT2D eigenvalue weighted by Crippen LogP contribution is 2.38. The fraction of sp³-hybridized carbons (Fsp3) is 0.152. The first-order valence-electron chi connectivity index (χ1n) is 13.0. The Hall–Kier alpha value is -4.00. The number of nitrogens with zero attached hydrogens (tertiary/aromatic N) is 1. The van der Waals surface area contributed by atoms with E-state index in [1.54, 1.807) is 12.2 Å². The van der Waals surface area contributed by atoms with Crippen LogP contribution in [0.1, 0.15) is 29.2 Å². The van der Waals surface area contributed by atoms with Crippen LogP contribution in [0, 0.1) is 0 Å². The normalized spacial score (nSPS) is 14.2. The molecule has 1 heterocycles. The number of carbonyl (C=O) groups is 2. The van der Waals surface area contributed by atoms with E-state index in [-0.39, 0.29) is 17.7 Å². The lowest BCUT2D eigenvalue weighted by Gasteiger charge is -2.17. The van der Waals surface area contributed by atoms with Crippen LogP contribution in [0.2, 0.25) is 5.02 Å². The second-order valence-electron chi connectivity index (χ2n) is 9.30. The largest absolute Gasteiger partial charge is 0.490 e. The third-order valence-electron chi connectivity index (χ3n) is 6.44. The van der Waals surface area contributed by atoms with Gasteiger partial charge in [-0.2, -0.15) is 0 Å². The molecule has 7 heteroatoms. The molecule has 0 aromatic heterocycles. The number of carbonyl (C=O) groups excluding carboxylic acids is 2. The smallest absolute Gasteiger partial charge is 0.293 e. The molecular formula is C33H28ClNO4S. The highest BCUT2D eigenvalue weighted by Gasteiger charge is 2.35. The Morgan fingerprint density at radius 3 is 2.42 bits per heavy atom. The third-order valence-corrected chi connectivity index (χ3v) is 7.60. The summed E-state index contributed by atoms with van der Waals surface area (Å²) in [5.41, 5.74) is 3.49. The molecule has 40 heavy (non-hydrogen) atoms. The van der Waals surface area contributed by atoms with Crippen LogP contribution in [-0.2, 0) is 24.4 Å². The first kappa shape index (κ1) is 27.6. The highest BCUT2D eigenvalue weighted by molar-refractivity contribution is 8.18. The lowest BCUT2D eigenvalue weighted by Crippen LogP contribution is -2.27. The minimum Gasteiger partial charge on any atom is -0.490 e. The molecule has 4 aromatic rings. The van der Waals surface area contributed by atoms with Crippen LogP contribution >= 0.6 is 23.4 Å². The van der Waals surface area contributed by atoms with Crippen LogP contribution in [0.15, 0.2) is 96.4 Å². The predicted octanol–water partition coefficient (Wildman–Crippen LogP) is 8.44. The van der Waals surface area contributed by atoms with Gasteiger partial charge < -0.3 is 9.47 Å². The molecule has 0 saturated carbocycles. The molecule has 0 N–H and O–H groups in total. The molecule has 5 nitrogen and oxygen atoms in total. The monoisotopic (exact) mass is 569 g/mol. The van der Waals surface area contributed by atoms with Gasteiger partial charge in [-0.15, -0.1) is 6.58 Å². The molecule has 0 aliphatic carbocycles. The van der Waals surface area contributed by atoms with Gasteiger partial charge in [0.15, 0.2) is 11.5 Å². The second-order valence-corrected chi connectivity index (χ2v) is 10.7. The topological polar surface area (TPSA) is 55.8 Å². The number of ether oxygens (including phenoxy) is 2. The molecule has 202 valence electrons. The van der Waals surface area contributed by atoms with Crippen molar-refractivity contribution in [3.8, 4) is 11.5 Å². The van der Waals surface area contributed by atoms with Crippen LogP contribution in [0.3, 0.4) is 0 Å². The molecule has 0 unspecified atom stereocenters. The standard InChI is InChI=1S/C33H28ClNO4S/c1-3-7-27-17-24(18-29(38-4-2)31(27)39-21-22-11-14-28(34)15-12-22)19-30-32(36)35(33(37)40-30)20-23-10-13-25-8-5-6-9-26(25)16-23/h3,5-6,8-19H,1,4,7,20-21H2,2H3/b30-19-. The molecule has 0 spiro atoms. The lowest BCUT2D eigenvalue weighted by molar-refractivity contribution is -0.123. The van der Waals surface area contributed by atoms with E-state index in [0.29, 0.717) is 41.1 Å². The maximum Gasteiger partial charge on any atom is 0.293 e. The van der Waals surface area contributed by atoms with Gasteiger partial charge in [-0.3, -0.25) is 14.5 Å². The first-order chi connectivity index (χ1) is 19.4. The SMILES string of the molecule is C=CCc1cc(/C=C2\SC(=O)N(Cc3ccc4ccccc4c3)C2=O)cc(OCC)c1OCc1ccc(Cl)cc1. The summed E-state index contributed by atoms with van der Waals surface area (Å²) in [5, 5.41) is 2.56. The minimum absolute atomic E-state index is 0.218. The van der Waals surface area contributed by atoms with Gasteiger partial charge in [0.1, 0.15) is 6.61 Å². The Balaban J connectivity index is 1.40. The van der Waals surface area contributed by atoms with Gasteiger partial charge in [0, 0.05) is 10.6 Å². The number of benzene rings is 4. The van der Waals surface area contributed by atoms with E-state index in [2.05, 4.69) is 6.58 Å². The van der Waals surface area contributed by atoms with Crippen molar-refractivity contribution >= 4 is 51.4 Å². The van der Waals surface area contributed by atoms with E-state index >= 15 is 0 Å². The van der Waals surface area contributed by atoms with E-state index in [9.17, 15) is 9.59 Å². The van der Waals surface area contributed by atoms with E-state index in [1.807, 2.05) is 85.8 Å². The van der Waals surface area contributed by atoms with E-state index in [1.165, 1.54) is 4.90 Å². The fourth-order valence-corrected chi connectivity index (χ4v) is 5.51. The van der Waals surface area contributed by atoms with Gasteiger partial charge in [-0.1, -0.05) is 66.2 Å².